The summed E-state index contributed by atoms with van der Waals surface area (Å²) in [6.07, 6.45) is 3.40. The SMILES string of the molecule is C/C(=N\N(C)S(=O)(=O)c1cc([N+](=O)[O-])ccc1C)c1cnc2ccc(Br)cn12. The fourth-order valence-electron chi connectivity index (χ4n) is 2.66. The molecule has 0 saturated carbocycles. The molecule has 0 fully saturated rings. The van der Waals surface area contributed by atoms with E-state index in [4.69, 9.17) is 0 Å². The number of halogens is 1. The summed E-state index contributed by atoms with van der Waals surface area (Å²) in [5.41, 5.74) is 1.82. The number of imidazole rings is 1. The second-order valence-electron chi connectivity index (χ2n) is 6.05. The van der Waals surface area contributed by atoms with E-state index in [-0.39, 0.29) is 10.6 Å². The van der Waals surface area contributed by atoms with E-state index >= 15 is 0 Å². The van der Waals surface area contributed by atoms with Crippen LogP contribution >= 0.6 is 15.9 Å². The van der Waals surface area contributed by atoms with Crippen molar-refractivity contribution in [3.05, 3.63) is 68.6 Å². The van der Waals surface area contributed by atoms with Crippen LogP contribution < -0.4 is 0 Å². The van der Waals surface area contributed by atoms with Gasteiger partial charge in [-0.2, -0.15) is 17.9 Å². The van der Waals surface area contributed by atoms with Crippen LogP contribution in [0.5, 0.6) is 0 Å². The maximum atomic E-state index is 12.9. The average Bonchev–Trinajstić information content (AvgIpc) is 3.04. The Balaban J connectivity index is 2.03. The lowest BCUT2D eigenvalue weighted by Crippen LogP contribution is -2.24. The molecule has 0 unspecified atom stereocenters. The third-order valence-electron chi connectivity index (χ3n) is 4.14. The first-order valence-corrected chi connectivity index (χ1v) is 10.3. The zero-order chi connectivity index (χ0) is 20.6. The summed E-state index contributed by atoms with van der Waals surface area (Å²) in [5, 5.41) is 15.2. The molecule has 0 aliphatic carbocycles. The van der Waals surface area contributed by atoms with Gasteiger partial charge in [0, 0.05) is 29.8 Å². The number of rotatable bonds is 5. The summed E-state index contributed by atoms with van der Waals surface area (Å²) in [4.78, 5) is 14.5. The summed E-state index contributed by atoms with van der Waals surface area (Å²) >= 11 is 3.39. The smallest absolute Gasteiger partial charge is 0.279 e. The largest absolute Gasteiger partial charge is 0.297 e. The lowest BCUT2D eigenvalue weighted by molar-refractivity contribution is -0.385. The van der Waals surface area contributed by atoms with Gasteiger partial charge in [0.1, 0.15) is 5.65 Å². The van der Waals surface area contributed by atoms with E-state index in [9.17, 15) is 18.5 Å². The first kappa shape index (κ1) is 20.0. The van der Waals surface area contributed by atoms with Gasteiger partial charge in [-0.25, -0.2) is 4.98 Å². The van der Waals surface area contributed by atoms with Crippen molar-refractivity contribution in [2.75, 3.05) is 7.05 Å². The number of aromatic nitrogens is 2. The van der Waals surface area contributed by atoms with Gasteiger partial charge in [0.05, 0.1) is 27.4 Å². The molecule has 146 valence electrons. The van der Waals surface area contributed by atoms with Gasteiger partial charge >= 0.3 is 0 Å². The molecule has 11 heteroatoms. The van der Waals surface area contributed by atoms with Crippen molar-refractivity contribution in [2.45, 2.75) is 18.7 Å². The first-order valence-electron chi connectivity index (χ1n) is 8.03. The Bertz CT molecular complexity index is 1220. The number of non-ortho nitro benzene ring substituents is 1. The molecule has 0 aliphatic heterocycles. The van der Waals surface area contributed by atoms with Crippen molar-refractivity contribution in [3.8, 4) is 0 Å². The monoisotopic (exact) mass is 465 g/mol. The molecule has 0 radical (unpaired) electrons. The second-order valence-corrected chi connectivity index (χ2v) is 8.88. The molecule has 0 bridgehead atoms. The lowest BCUT2D eigenvalue weighted by atomic mass is 10.2. The van der Waals surface area contributed by atoms with Crippen LogP contribution in [0.15, 0.2) is 57.2 Å². The van der Waals surface area contributed by atoms with E-state index < -0.39 is 14.9 Å². The Labute approximate surface area is 169 Å². The first-order chi connectivity index (χ1) is 13.1. The van der Waals surface area contributed by atoms with Crippen LogP contribution in [0.25, 0.3) is 5.65 Å². The van der Waals surface area contributed by atoms with E-state index in [2.05, 4.69) is 26.0 Å². The van der Waals surface area contributed by atoms with Crippen LogP contribution in [-0.2, 0) is 10.0 Å². The molecule has 1 aromatic carbocycles. The number of nitrogens with zero attached hydrogens (tertiary/aromatic N) is 5. The Morgan fingerprint density at radius 2 is 2.04 bits per heavy atom. The molecule has 0 atom stereocenters. The molecule has 0 saturated heterocycles. The van der Waals surface area contributed by atoms with Gasteiger partial charge < -0.3 is 0 Å². The summed E-state index contributed by atoms with van der Waals surface area (Å²) in [7, 11) is -2.78. The number of hydrazone groups is 1. The van der Waals surface area contributed by atoms with Gasteiger partial charge in [0.25, 0.3) is 15.7 Å². The number of fused-ring (bicyclic) bond motifs is 1. The zero-order valence-corrected chi connectivity index (χ0v) is 17.6. The van der Waals surface area contributed by atoms with Gasteiger partial charge in [-0.05, 0) is 47.5 Å². The maximum Gasteiger partial charge on any atom is 0.279 e. The van der Waals surface area contributed by atoms with Crippen molar-refractivity contribution < 1.29 is 13.3 Å². The minimum absolute atomic E-state index is 0.165. The number of benzene rings is 1. The summed E-state index contributed by atoms with van der Waals surface area (Å²) in [6, 6.07) is 7.36. The fourth-order valence-corrected chi connectivity index (χ4v) is 4.26. The molecule has 0 N–H and O–H groups in total. The van der Waals surface area contributed by atoms with Crippen molar-refractivity contribution in [3.63, 3.8) is 0 Å². The minimum atomic E-state index is -4.07. The van der Waals surface area contributed by atoms with Gasteiger partial charge in [0.2, 0.25) is 0 Å². The van der Waals surface area contributed by atoms with Crippen molar-refractivity contribution >= 4 is 43.0 Å². The molecule has 3 rings (SSSR count). The predicted octanol–water partition coefficient (Wildman–Crippen LogP) is 3.36. The van der Waals surface area contributed by atoms with Crippen molar-refractivity contribution in [2.24, 2.45) is 5.10 Å². The predicted molar refractivity (Wildman–Crippen MR) is 108 cm³/mol. The number of hydrogen-bond donors (Lipinski definition) is 0. The summed E-state index contributed by atoms with van der Waals surface area (Å²) < 4.78 is 29.3. The van der Waals surface area contributed by atoms with Crippen LogP contribution in [0.1, 0.15) is 18.2 Å². The number of aryl methyl sites for hydroxylation is 1. The molecule has 2 aromatic heterocycles. The van der Waals surface area contributed by atoms with Crippen molar-refractivity contribution in [1.82, 2.24) is 13.8 Å². The van der Waals surface area contributed by atoms with Crippen LogP contribution in [-0.4, -0.2) is 39.9 Å². The highest BCUT2D eigenvalue weighted by Gasteiger charge is 2.25. The molecule has 0 aliphatic rings. The van der Waals surface area contributed by atoms with Gasteiger partial charge in [0.15, 0.2) is 0 Å². The molecular formula is C17H16BrN5O4S. The van der Waals surface area contributed by atoms with E-state index in [0.717, 1.165) is 15.0 Å². The molecule has 9 nitrogen and oxygen atoms in total. The Hall–Kier alpha value is -2.79. The molecule has 0 amide bonds. The molecular weight excluding hydrogens is 450 g/mol. The number of pyridine rings is 1. The number of nitro groups is 1. The third kappa shape index (κ3) is 3.62. The summed E-state index contributed by atoms with van der Waals surface area (Å²) in [5.74, 6) is 0. The maximum absolute atomic E-state index is 12.9. The average molecular weight is 466 g/mol. The summed E-state index contributed by atoms with van der Waals surface area (Å²) in [6.45, 7) is 3.24. The van der Waals surface area contributed by atoms with Crippen LogP contribution in [0.2, 0.25) is 0 Å². The quantitative estimate of drug-likeness (QED) is 0.325. The Kier molecular flexibility index (Phi) is 5.22. The number of hydrogen-bond acceptors (Lipinski definition) is 6. The Morgan fingerprint density at radius 1 is 1.32 bits per heavy atom. The lowest BCUT2D eigenvalue weighted by Gasteiger charge is -2.16. The third-order valence-corrected chi connectivity index (χ3v) is 6.38. The van der Waals surface area contributed by atoms with Crippen LogP contribution in [0, 0.1) is 17.0 Å². The van der Waals surface area contributed by atoms with E-state index in [1.165, 1.54) is 19.2 Å². The molecule has 2 heterocycles. The fraction of sp³-hybridized carbons (Fsp3) is 0.176. The second kappa shape index (κ2) is 7.32. The number of sulfonamides is 1. The molecule has 28 heavy (non-hydrogen) atoms. The zero-order valence-electron chi connectivity index (χ0n) is 15.2. The highest BCUT2D eigenvalue weighted by Crippen LogP contribution is 2.24. The molecule has 0 spiro atoms. The highest BCUT2D eigenvalue weighted by molar-refractivity contribution is 9.10. The highest BCUT2D eigenvalue weighted by atomic mass is 79.9. The van der Waals surface area contributed by atoms with Gasteiger partial charge in [-0.3, -0.25) is 14.5 Å². The normalized spacial score (nSPS) is 12.4. The van der Waals surface area contributed by atoms with Crippen LogP contribution in [0.4, 0.5) is 5.69 Å². The molecule has 3 aromatic rings. The van der Waals surface area contributed by atoms with Gasteiger partial charge in [-0.1, -0.05) is 6.07 Å². The van der Waals surface area contributed by atoms with Crippen molar-refractivity contribution in [1.29, 1.82) is 0 Å². The Morgan fingerprint density at radius 3 is 2.71 bits per heavy atom. The van der Waals surface area contributed by atoms with Gasteiger partial charge in [-0.15, -0.1) is 0 Å². The number of nitro benzene ring substituents is 1. The minimum Gasteiger partial charge on any atom is -0.297 e. The topological polar surface area (TPSA) is 110 Å². The van der Waals surface area contributed by atoms with E-state index in [0.29, 0.717) is 22.6 Å². The van der Waals surface area contributed by atoms with E-state index in [1.807, 2.05) is 12.1 Å². The van der Waals surface area contributed by atoms with Crippen LogP contribution in [0.3, 0.4) is 0 Å². The standard InChI is InChI=1S/C17H16BrN5O4S/c1-11-4-6-14(23(24)25)8-16(11)28(26,27)21(3)20-12(2)15-9-19-17-7-5-13(18)10-22(15)17/h4-10H,1-3H3/b20-12+. The van der Waals surface area contributed by atoms with E-state index in [1.54, 1.807) is 30.6 Å².